The average Bonchev–Trinajstić information content (AvgIpc) is 2.18. The number of hydrogen-bond acceptors (Lipinski definition) is 4. The van der Waals surface area contributed by atoms with Gasteiger partial charge in [-0.2, -0.15) is 0 Å². The fourth-order valence-electron chi connectivity index (χ4n) is 1.23. The Morgan fingerprint density at radius 2 is 2.20 bits per heavy atom. The van der Waals surface area contributed by atoms with Gasteiger partial charge in [0.2, 0.25) is 0 Å². The van der Waals surface area contributed by atoms with E-state index in [0.29, 0.717) is 5.56 Å². The average molecular weight is 210 g/mol. The second kappa shape index (κ2) is 4.79. The number of phenolic OH excluding ortho intramolecular Hbond substituents is 1. The van der Waals surface area contributed by atoms with Crippen LogP contribution in [0.1, 0.15) is 24.2 Å². The molecule has 0 aliphatic heterocycles. The zero-order valence-electron chi connectivity index (χ0n) is 8.73. The third kappa shape index (κ3) is 3.25. The van der Waals surface area contributed by atoms with E-state index in [1.54, 1.807) is 12.1 Å². The Morgan fingerprint density at radius 1 is 1.53 bits per heavy atom. The van der Waals surface area contributed by atoms with Gasteiger partial charge < -0.3 is 14.9 Å². The van der Waals surface area contributed by atoms with Gasteiger partial charge >= 0.3 is 5.97 Å². The van der Waals surface area contributed by atoms with E-state index >= 15 is 0 Å². The molecule has 0 radical (unpaired) electrons. The van der Waals surface area contributed by atoms with E-state index in [2.05, 4.69) is 4.74 Å². The second-order valence-electron chi connectivity index (χ2n) is 3.38. The highest BCUT2D eigenvalue weighted by atomic mass is 16.5. The van der Waals surface area contributed by atoms with Crippen molar-refractivity contribution in [2.75, 3.05) is 6.61 Å². The van der Waals surface area contributed by atoms with Gasteiger partial charge in [-0.05, 0) is 19.1 Å². The summed E-state index contributed by atoms with van der Waals surface area (Å²) in [5.74, 6) is -0.457. The van der Waals surface area contributed by atoms with Crippen LogP contribution in [0.25, 0.3) is 0 Å². The quantitative estimate of drug-likeness (QED) is 0.738. The molecule has 1 atom stereocenters. The first-order valence-corrected chi connectivity index (χ1v) is 4.61. The molecule has 0 saturated carbocycles. The fourth-order valence-corrected chi connectivity index (χ4v) is 1.23. The van der Waals surface area contributed by atoms with Crippen LogP contribution in [-0.4, -0.2) is 22.8 Å². The monoisotopic (exact) mass is 210 g/mol. The van der Waals surface area contributed by atoms with E-state index < -0.39 is 12.1 Å². The van der Waals surface area contributed by atoms with Gasteiger partial charge in [-0.25, -0.2) is 0 Å². The Labute approximate surface area is 88.1 Å². The van der Waals surface area contributed by atoms with Crippen molar-refractivity contribution < 1.29 is 19.7 Å². The minimum atomic E-state index is -0.992. The van der Waals surface area contributed by atoms with E-state index in [0.717, 1.165) is 5.56 Å². The highest BCUT2D eigenvalue weighted by Gasteiger charge is 2.13. The lowest BCUT2D eigenvalue weighted by Gasteiger charge is -2.12. The number of aliphatic hydroxyl groups is 1. The van der Waals surface area contributed by atoms with Crippen LogP contribution in [0.3, 0.4) is 0 Å². The van der Waals surface area contributed by atoms with Gasteiger partial charge in [0.05, 0.1) is 0 Å². The van der Waals surface area contributed by atoms with Crippen LogP contribution in [0.5, 0.6) is 5.75 Å². The standard InChI is InChI=1S/C11H14O4/c1-7-3-4-10(13)9(5-7)11(14)6-15-8(2)12/h3-5,11,13-14H,6H2,1-2H3. The lowest BCUT2D eigenvalue weighted by Crippen LogP contribution is -2.10. The molecule has 15 heavy (non-hydrogen) atoms. The highest BCUT2D eigenvalue weighted by Crippen LogP contribution is 2.25. The molecular formula is C11H14O4. The summed E-state index contributed by atoms with van der Waals surface area (Å²) in [4.78, 5) is 10.5. The topological polar surface area (TPSA) is 66.8 Å². The molecule has 4 heteroatoms. The first-order valence-electron chi connectivity index (χ1n) is 4.61. The van der Waals surface area contributed by atoms with Crippen LogP contribution >= 0.6 is 0 Å². The van der Waals surface area contributed by atoms with Crippen molar-refractivity contribution in [1.82, 2.24) is 0 Å². The van der Waals surface area contributed by atoms with Gasteiger partial charge in [0, 0.05) is 12.5 Å². The second-order valence-corrected chi connectivity index (χ2v) is 3.38. The number of phenols is 1. The summed E-state index contributed by atoms with van der Waals surface area (Å²) in [6.45, 7) is 2.97. The molecule has 0 aliphatic rings. The molecule has 0 fully saturated rings. The first-order chi connectivity index (χ1) is 7.00. The SMILES string of the molecule is CC(=O)OCC(O)c1cc(C)ccc1O. The molecule has 82 valence electrons. The molecular weight excluding hydrogens is 196 g/mol. The summed E-state index contributed by atoms with van der Waals surface area (Å²) in [5, 5.41) is 19.1. The van der Waals surface area contributed by atoms with Crippen LogP contribution in [0.2, 0.25) is 0 Å². The largest absolute Gasteiger partial charge is 0.508 e. The van der Waals surface area contributed by atoms with E-state index in [-0.39, 0.29) is 12.4 Å². The summed E-state index contributed by atoms with van der Waals surface area (Å²) in [7, 11) is 0. The van der Waals surface area contributed by atoms with Crippen LogP contribution in [-0.2, 0) is 9.53 Å². The lowest BCUT2D eigenvalue weighted by molar-refractivity contribution is -0.144. The van der Waals surface area contributed by atoms with Gasteiger partial charge in [-0.15, -0.1) is 0 Å². The number of esters is 1. The van der Waals surface area contributed by atoms with Crippen LogP contribution in [0.15, 0.2) is 18.2 Å². The predicted molar refractivity (Wildman–Crippen MR) is 54.4 cm³/mol. The van der Waals surface area contributed by atoms with Crippen molar-refractivity contribution in [2.24, 2.45) is 0 Å². The summed E-state index contributed by atoms with van der Waals surface area (Å²) >= 11 is 0. The van der Waals surface area contributed by atoms with Crippen molar-refractivity contribution in [2.45, 2.75) is 20.0 Å². The maximum atomic E-state index is 10.5. The molecule has 0 spiro atoms. The summed E-state index contributed by atoms with van der Waals surface area (Å²) in [6, 6.07) is 4.89. The molecule has 1 unspecified atom stereocenters. The van der Waals surface area contributed by atoms with Crippen molar-refractivity contribution in [3.8, 4) is 5.75 Å². The maximum Gasteiger partial charge on any atom is 0.302 e. The third-order valence-corrected chi connectivity index (χ3v) is 1.99. The zero-order chi connectivity index (χ0) is 11.4. The Hall–Kier alpha value is -1.55. The maximum absolute atomic E-state index is 10.5. The normalized spacial score (nSPS) is 12.2. The minimum Gasteiger partial charge on any atom is -0.508 e. The zero-order valence-corrected chi connectivity index (χ0v) is 8.73. The van der Waals surface area contributed by atoms with Gasteiger partial charge in [-0.1, -0.05) is 11.6 Å². The van der Waals surface area contributed by atoms with Gasteiger partial charge in [0.1, 0.15) is 18.5 Å². The molecule has 0 aliphatic carbocycles. The van der Waals surface area contributed by atoms with Crippen LogP contribution in [0.4, 0.5) is 0 Å². The number of benzene rings is 1. The Kier molecular flexibility index (Phi) is 3.68. The number of rotatable bonds is 3. The predicted octanol–water partition coefficient (Wildman–Crippen LogP) is 1.30. The number of carbonyl (C=O) groups excluding carboxylic acids is 1. The van der Waals surface area contributed by atoms with Gasteiger partial charge in [0.15, 0.2) is 0 Å². The fraction of sp³-hybridized carbons (Fsp3) is 0.364. The van der Waals surface area contributed by atoms with E-state index in [1.165, 1.54) is 13.0 Å². The molecule has 1 aromatic carbocycles. The summed E-state index contributed by atoms with van der Waals surface area (Å²) in [6.07, 6.45) is -0.992. The molecule has 1 aromatic rings. The van der Waals surface area contributed by atoms with E-state index in [9.17, 15) is 15.0 Å². The third-order valence-electron chi connectivity index (χ3n) is 1.99. The molecule has 2 N–H and O–H groups in total. The van der Waals surface area contributed by atoms with Crippen LogP contribution < -0.4 is 0 Å². The summed E-state index contributed by atoms with van der Waals surface area (Å²) < 4.78 is 4.65. The van der Waals surface area contributed by atoms with E-state index in [4.69, 9.17) is 0 Å². The van der Waals surface area contributed by atoms with Crippen molar-refractivity contribution in [3.05, 3.63) is 29.3 Å². The van der Waals surface area contributed by atoms with Crippen molar-refractivity contribution >= 4 is 5.97 Å². The molecule has 0 saturated heterocycles. The number of aryl methyl sites for hydroxylation is 1. The van der Waals surface area contributed by atoms with Gasteiger partial charge in [0.25, 0.3) is 0 Å². The molecule has 0 amide bonds. The molecule has 1 rings (SSSR count). The Morgan fingerprint density at radius 3 is 2.80 bits per heavy atom. The van der Waals surface area contributed by atoms with Crippen molar-refractivity contribution in [3.63, 3.8) is 0 Å². The number of hydrogen-bond donors (Lipinski definition) is 2. The van der Waals surface area contributed by atoms with Crippen molar-refractivity contribution in [1.29, 1.82) is 0 Å². The smallest absolute Gasteiger partial charge is 0.302 e. The summed E-state index contributed by atoms with van der Waals surface area (Å²) in [5.41, 5.74) is 1.29. The molecule has 0 heterocycles. The Bertz CT molecular complexity index is 360. The molecule has 0 bridgehead atoms. The number of aromatic hydroxyl groups is 1. The highest BCUT2D eigenvalue weighted by molar-refractivity contribution is 5.65. The first kappa shape index (κ1) is 11.5. The Balaban J connectivity index is 2.76. The van der Waals surface area contributed by atoms with Gasteiger partial charge in [-0.3, -0.25) is 4.79 Å². The van der Waals surface area contributed by atoms with Crippen LogP contribution in [0, 0.1) is 6.92 Å². The minimum absolute atomic E-state index is 0.000233. The molecule has 0 aromatic heterocycles. The van der Waals surface area contributed by atoms with E-state index in [1.807, 2.05) is 6.92 Å². The molecule has 4 nitrogen and oxygen atoms in total. The number of ether oxygens (including phenoxy) is 1. The number of carbonyl (C=O) groups is 1. The lowest BCUT2D eigenvalue weighted by atomic mass is 10.1. The number of aliphatic hydroxyl groups excluding tert-OH is 1.